The quantitative estimate of drug-likeness (QED) is 0.503. The number of nitrogens with zero attached hydrogens (tertiary/aromatic N) is 4. The van der Waals surface area contributed by atoms with Crippen LogP contribution in [-0.4, -0.2) is 38.9 Å². The van der Waals surface area contributed by atoms with Crippen LogP contribution in [0.3, 0.4) is 0 Å². The lowest BCUT2D eigenvalue weighted by molar-refractivity contribution is -0.146. The molecule has 182 valence electrons. The molecule has 3 aromatic rings. The minimum absolute atomic E-state index is 0.0308. The Kier molecular flexibility index (Phi) is 7.47. The fourth-order valence-corrected chi connectivity index (χ4v) is 4.15. The van der Waals surface area contributed by atoms with Crippen molar-refractivity contribution in [1.82, 2.24) is 30.8 Å². The van der Waals surface area contributed by atoms with Crippen molar-refractivity contribution in [2.24, 2.45) is 0 Å². The average Bonchev–Trinajstić information content (AvgIpc) is 3.35. The Morgan fingerprint density at radius 1 is 1.21 bits per heavy atom. The van der Waals surface area contributed by atoms with Gasteiger partial charge in [0.05, 0.1) is 11.8 Å². The highest BCUT2D eigenvalue weighted by atomic mass is 19.4. The lowest BCUT2D eigenvalue weighted by Gasteiger charge is -2.34. The van der Waals surface area contributed by atoms with Crippen molar-refractivity contribution in [3.05, 3.63) is 65.5 Å². The third-order valence-electron chi connectivity index (χ3n) is 6.09. The van der Waals surface area contributed by atoms with E-state index in [0.29, 0.717) is 17.0 Å². The number of ether oxygens (including phenoxy) is 1. The smallest absolute Gasteiger partial charge is 0.453 e. The van der Waals surface area contributed by atoms with Gasteiger partial charge in [-0.25, -0.2) is 0 Å². The molecule has 0 amide bonds. The topological polar surface area (TPSA) is 76.9 Å². The summed E-state index contributed by atoms with van der Waals surface area (Å²) in [4.78, 5) is 0. The van der Waals surface area contributed by atoms with Crippen molar-refractivity contribution in [2.75, 3.05) is 6.54 Å². The molecule has 1 aliphatic heterocycles. The third kappa shape index (κ3) is 5.56. The molecule has 2 aromatic carbocycles. The van der Waals surface area contributed by atoms with Crippen LogP contribution in [0.4, 0.5) is 13.2 Å². The van der Waals surface area contributed by atoms with Crippen LogP contribution in [0.1, 0.15) is 56.1 Å². The molecular weight excluding hydrogens is 445 g/mol. The van der Waals surface area contributed by atoms with Crippen LogP contribution >= 0.6 is 0 Å². The van der Waals surface area contributed by atoms with Crippen LogP contribution in [0.2, 0.25) is 0 Å². The van der Waals surface area contributed by atoms with Crippen LogP contribution in [-0.2, 0) is 12.7 Å². The van der Waals surface area contributed by atoms with Crippen LogP contribution in [0.5, 0.6) is 5.75 Å². The summed E-state index contributed by atoms with van der Waals surface area (Å²) in [5, 5.41) is 17.2. The van der Waals surface area contributed by atoms with Crippen molar-refractivity contribution in [3.8, 4) is 11.4 Å². The molecular formula is C24H29F3N6O. The maximum absolute atomic E-state index is 13.4. The van der Waals surface area contributed by atoms with E-state index in [2.05, 4.69) is 38.3 Å². The average molecular weight is 475 g/mol. The zero-order chi connectivity index (χ0) is 24.1. The van der Waals surface area contributed by atoms with Crippen molar-refractivity contribution >= 4 is 0 Å². The Hall–Kier alpha value is -2.98. The van der Waals surface area contributed by atoms with E-state index in [1.807, 2.05) is 32.0 Å². The summed E-state index contributed by atoms with van der Waals surface area (Å²) in [6, 6.07) is 15.4. The van der Waals surface area contributed by atoms with Gasteiger partial charge in [-0.05, 0) is 66.9 Å². The highest BCUT2D eigenvalue weighted by Crippen LogP contribution is 2.31. The number of benzene rings is 2. The van der Waals surface area contributed by atoms with Gasteiger partial charge >= 0.3 is 6.18 Å². The highest BCUT2D eigenvalue weighted by Gasteiger charge is 2.38. The summed E-state index contributed by atoms with van der Waals surface area (Å²) in [6.45, 7) is 5.35. The number of halogens is 3. The van der Waals surface area contributed by atoms with Gasteiger partial charge in [-0.1, -0.05) is 37.3 Å². The van der Waals surface area contributed by atoms with Crippen molar-refractivity contribution in [1.29, 1.82) is 0 Å². The molecule has 0 radical (unpaired) electrons. The molecule has 0 saturated carbocycles. The molecule has 3 atom stereocenters. The largest absolute Gasteiger partial charge is 0.490 e. The fraction of sp³-hybridized carbons (Fsp3) is 0.458. The van der Waals surface area contributed by atoms with E-state index >= 15 is 0 Å². The summed E-state index contributed by atoms with van der Waals surface area (Å²) in [5.41, 5.74) is 2.18. The molecule has 34 heavy (non-hydrogen) atoms. The first kappa shape index (κ1) is 24.2. The van der Waals surface area contributed by atoms with Crippen LogP contribution in [0.25, 0.3) is 5.69 Å². The van der Waals surface area contributed by atoms with Gasteiger partial charge < -0.3 is 15.4 Å². The lowest BCUT2D eigenvalue weighted by Crippen LogP contribution is -2.45. The number of aromatic nitrogens is 4. The zero-order valence-corrected chi connectivity index (χ0v) is 19.2. The molecule has 3 unspecified atom stereocenters. The second-order valence-corrected chi connectivity index (χ2v) is 8.51. The second-order valence-electron chi connectivity index (χ2n) is 8.51. The van der Waals surface area contributed by atoms with E-state index in [9.17, 15) is 13.2 Å². The van der Waals surface area contributed by atoms with Gasteiger partial charge in [-0.2, -0.15) is 17.9 Å². The summed E-state index contributed by atoms with van der Waals surface area (Å²) in [6.07, 6.45) is -1.86. The number of nitrogens with one attached hydrogen (secondary N) is 2. The first-order valence-electron chi connectivity index (χ1n) is 11.5. The van der Waals surface area contributed by atoms with Gasteiger partial charge in [-0.15, -0.1) is 5.10 Å². The van der Waals surface area contributed by atoms with E-state index in [0.717, 1.165) is 31.4 Å². The predicted molar refractivity (Wildman–Crippen MR) is 122 cm³/mol. The Balaban J connectivity index is 1.61. The van der Waals surface area contributed by atoms with E-state index in [1.54, 1.807) is 18.2 Å². The first-order chi connectivity index (χ1) is 16.4. The number of alkyl halides is 3. The van der Waals surface area contributed by atoms with Crippen LogP contribution in [0, 0.1) is 0 Å². The van der Waals surface area contributed by atoms with Gasteiger partial charge in [0.15, 0.2) is 0 Å². The molecule has 0 aliphatic carbocycles. The monoisotopic (exact) mass is 474 g/mol. The van der Waals surface area contributed by atoms with Gasteiger partial charge in [0.1, 0.15) is 5.75 Å². The van der Waals surface area contributed by atoms with E-state index in [1.165, 1.54) is 5.56 Å². The van der Waals surface area contributed by atoms with Crippen LogP contribution < -0.4 is 15.4 Å². The standard InChI is InChI=1S/C24H29F3N6O/c1-3-16(2)34-21-12-11-19(33-23(24(25,26)27)30-31-32-33)14-18(21)15-29-20-10-7-13-28-22(20)17-8-5-4-6-9-17/h4-6,8-9,11-12,14,16,20,22,28-29H,3,7,10,13,15H2,1-2H3. The molecule has 0 bridgehead atoms. The van der Waals surface area contributed by atoms with Gasteiger partial charge in [0, 0.05) is 24.2 Å². The number of rotatable bonds is 8. The molecule has 1 fully saturated rings. The minimum Gasteiger partial charge on any atom is -0.490 e. The normalized spacial score (nSPS) is 19.7. The van der Waals surface area contributed by atoms with Gasteiger partial charge in [0.25, 0.3) is 5.82 Å². The van der Waals surface area contributed by atoms with Crippen molar-refractivity contribution in [3.63, 3.8) is 0 Å². The Morgan fingerprint density at radius 3 is 2.74 bits per heavy atom. The van der Waals surface area contributed by atoms with Gasteiger partial charge in [0.2, 0.25) is 0 Å². The Bertz CT molecular complexity index is 1070. The molecule has 1 saturated heterocycles. The molecule has 7 nitrogen and oxygen atoms in total. The molecule has 0 spiro atoms. The SMILES string of the molecule is CCC(C)Oc1ccc(-n2nnnc2C(F)(F)F)cc1CNC1CCCNC1c1ccccc1. The first-order valence-corrected chi connectivity index (χ1v) is 11.5. The van der Waals surface area contributed by atoms with Crippen LogP contribution in [0.15, 0.2) is 48.5 Å². The maximum Gasteiger partial charge on any atom is 0.453 e. The summed E-state index contributed by atoms with van der Waals surface area (Å²) in [5.74, 6) is -0.533. The third-order valence-corrected chi connectivity index (χ3v) is 6.09. The Morgan fingerprint density at radius 2 is 2.00 bits per heavy atom. The van der Waals surface area contributed by atoms with Gasteiger partial charge in [-0.3, -0.25) is 0 Å². The maximum atomic E-state index is 13.4. The Labute approximate surface area is 196 Å². The molecule has 1 aliphatic rings. The van der Waals surface area contributed by atoms with Crippen molar-refractivity contribution in [2.45, 2.75) is 64.0 Å². The van der Waals surface area contributed by atoms with E-state index in [-0.39, 0.29) is 23.9 Å². The fourth-order valence-electron chi connectivity index (χ4n) is 4.15. The molecule has 10 heteroatoms. The number of tetrazole rings is 1. The molecule has 2 N–H and O–H groups in total. The molecule has 2 heterocycles. The highest BCUT2D eigenvalue weighted by molar-refractivity contribution is 5.44. The number of hydrogen-bond donors (Lipinski definition) is 2. The second kappa shape index (κ2) is 10.5. The van der Waals surface area contributed by atoms with E-state index in [4.69, 9.17) is 4.74 Å². The zero-order valence-electron chi connectivity index (χ0n) is 19.2. The lowest BCUT2D eigenvalue weighted by atomic mass is 9.92. The number of piperidine rings is 1. The predicted octanol–water partition coefficient (Wildman–Crippen LogP) is 4.44. The summed E-state index contributed by atoms with van der Waals surface area (Å²) in [7, 11) is 0. The summed E-state index contributed by atoms with van der Waals surface area (Å²) < 4.78 is 46.8. The van der Waals surface area contributed by atoms with Crippen molar-refractivity contribution < 1.29 is 17.9 Å². The molecule has 4 rings (SSSR count). The minimum atomic E-state index is -4.66. The van der Waals surface area contributed by atoms with E-state index < -0.39 is 12.0 Å². The summed E-state index contributed by atoms with van der Waals surface area (Å²) >= 11 is 0. The number of hydrogen-bond acceptors (Lipinski definition) is 6. The molecule has 1 aromatic heterocycles.